The van der Waals surface area contributed by atoms with Crippen LogP contribution in [0.4, 0.5) is 0 Å². The smallest absolute Gasteiger partial charge is 0.263 e. The van der Waals surface area contributed by atoms with Crippen LogP contribution >= 0.6 is 0 Å². The number of β-lactam (4-membered cyclic amide) rings is 1. The van der Waals surface area contributed by atoms with Crippen molar-refractivity contribution in [3.05, 3.63) is 108 Å². The Bertz CT molecular complexity index is 838. The van der Waals surface area contributed by atoms with Crippen LogP contribution in [0, 0.1) is 0 Å². The Kier molecular flexibility index (Phi) is 4.31. The highest BCUT2D eigenvalue weighted by atomic mass is 16.7. The van der Waals surface area contributed by atoms with Gasteiger partial charge in [-0.25, -0.2) is 5.06 Å². The van der Waals surface area contributed by atoms with Gasteiger partial charge in [0.15, 0.2) is 0 Å². The summed E-state index contributed by atoms with van der Waals surface area (Å²) in [6, 6.07) is 29.8. The van der Waals surface area contributed by atoms with Crippen LogP contribution in [0.1, 0.15) is 23.6 Å². The Morgan fingerprint density at radius 2 is 1.27 bits per heavy atom. The Labute approximate surface area is 153 Å². The topological polar surface area (TPSA) is 29.5 Å². The van der Waals surface area contributed by atoms with Crippen LogP contribution < -0.4 is 0 Å². The second-order valence-corrected chi connectivity index (χ2v) is 6.61. The van der Waals surface area contributed by atoms with Crippen LogP contribution in [-0.4, -0.2) is 17.0 Å². The molecule has 130 valence electrons. The molecule has 4 rings (SSSR count). The third-order valence-corrected chi connectivity index (χ3v) is 5.19. The zero-order valence-corrected chi connectivity index (χ0v) is 14.7. The van der Waals surface area contributed by atoms with Crippen LogP contribution in [0.25, 0.3) is 0 Å². The maximum atomic E-state index is 13.3. The number of rotatable bonds is 5. The van der Waals surface area contributed by atoms with E-state index in [1.54, 1.807) is 0 Å². The van der Waals surface area contributed by atoms with E-state index in [9.17, 15) is 4.79 Å². The molecule has 0 spiro atoms. The van der Waals surface area contributed by atoms with E-state index in [1.165, 1.54) is 5.06 Å². The largest absolute Gasteiger partial charge is 0.271 e. The fraction of sp³-hybridized carbons (Fsp3) is 0.174. The lowest BCUT2D eigenvalue weighted by molar-refractivity contribution is -0.247. The molecule has 0 bridgehead atoms. The summed E-state index contributed by atoms with van der Waals surface area (Å²) >= 11 is 0. The maximum Gasteiger partial charge on any atom is 0.263 e. The number of carbonyl (C=O) groups excluding carboxylic acids is 1. The molecule has 3 heteroatoms. The van der Waals surface area contributed by atoms with Crippen molar-refractivity contribution in [1.82, 2.24) is 5.06 Å². The normalized spacial score (nSPS) is 18.4. The lowest BCUT2D eigenvalue weighted by atomic mass is 9.63. The van der Waals surface area contributed by atoms with E-state index in [0.717, 1.165) is 16.7 Å². The van der Waals surface area contributed by atoms with Gasteiger partial charge in [0.05, 0.1) is 6.04 Å². The van der Waals surface area contributed by atoms with Gasteiger partial charge in [-0.05, 0) is 23.6 Å². The first-order chi connectivity index (χ1) is 12.7. The highest BCUT2D eigenvalue weighted by molar-refractivity contribution is 5.98. The van der Waals surface area contributed by atoms with Gasteiger partial charge in [0.2, 0.25) is 0 Å². The van der Waals surface area contributed by atoms with Crippen molar-refractivity contribution in [1.29, 1.82) is 0 Å². The number of amides is 1. The minimum absolute atomic E-state index is 0.0154. The van der Waals surface area contributed by atoms with Gasteiger partial charge in [0, 0.05) is 0 Å². The van der Waals surface area contributed by atoms with Gasteiger partial charge >= 0.3 is 0 Å². The second kappa shape index (κ2) is 6.77. The molecule has 1 aliphatic rings. The standard InChI is InChI=1S/C23H21NO2/c1-18-23(20-13-7-3-8-14-20,21-15-9-4-10-16-21)22(25)24(18)26-17-19-11-5-2-6-12-19/h2-16,18H,17H2,1H3. The predicted molar refractivity (Wildman–Crippen MR) is 101 cm³/mol. The first kappa shape index (κ1) is 16.6. The van der Waals surface area contributed by atoms with Gasteiger partial charge in [-0.1, -0.05) is 91.0 Å². The zero-order chi connectivity index (χ0) is 18.0. The highest BCUT2D eigenvalue weighted by Crippen LogP contribution is 2.47. The van der Waals surface area contributed by atoms with Crippen LogP contribution in [-0.2, 0) is 21.7 Å². The van der Waals surface area contributed by atoms with Crippen molar-refractivity contribution >= 4 is 5.91 Å². The minimum Gasteiger partial charge on any atom is -0.271 e. The summed E-state index contributed by atoms with van der Waals surface area (Å²) in [4.78, 5) is 19.2. The summed E-state index contributed by atoms with van der Waals surface area (Å²) in [5.74, 6) is -0.0154. The van der Waals surface area contributed by atoms with E-state index in [4.69, 9.17) is 4.84 Å². The zero-order valence-electron chi connectivity index (χ0n) is 14.7. The van der Waals surface area contributed by atoms with Crippen molar-refractivity contribution in [3.63, 3.8) is 0 Å². The molecule has 3 aromatic carbocycles. The van der Waals surface area contributed by atoms with Gasteiger partial charge in [-0.2, -0.15) is 0 Å². The van der Waals surface area contributed by atoms with Gasteiger partial charge in [0.1, 0.15) is 12.0 Å². The third kappa shape index (κ3) is 2.52. The minimum atomic E-state index is -0.695. The summed E-state index contributed by atoms with van der Waals surface area (Å²) in [6.45, 7) is 2.43. The van der Waals surface area contributed by atoms with Crippen molar-refractivity contribution < 1.29 is 9.63 Å². The van der Waals surface area contributed by atoms with Crippen molar-refractivity contribution in [2.24, 2.45) is 0 Å². The highest BCUT2D eigenvalue weighted by Gasteiger charge is 2.61. The molecule has 1 atom stereocenters. The van der Waals surface area contributed by atoms with Crippen LogP contribution in [0.3, 0.4) is 0 Å². The summed E-state index contributed by atoms with van der Waals surface area (Å²) in [5, 5.41) is 1.52. The predicted octanol–water partition coefficient (Wildman–Crippen LogP) is 4.34. The van der Waals surface area contributed by atoms with Gasteiger partial charge in [0.25, 0.3) is 5.91 Å². The Hall–Kier alpha value is -2.91. The Morgan fingerprint density at radius 3 is 1.73 bits per heavy atom. The molecule has 1 amide bonds. The first-order valence-electron chi connectivity index (χ1n) is 8.86. The molecule has 0 aliphatic carbocycles. The quantitative estimate of drug-likeness (QED) is 0.645. The molecule has 1 saturated heterocycles. The SMILES string of the molecule is CC1N(OCc2ccccc2)C(=O)C1(c1ccccc1)c1ccccc1. The Balaban J connectivity index is 1.65. The average Bonchev–Trinajstić information content (AvgIpc) is 2.71. The molecule has 3 aromatic rings. The summed E-state index contributed by atoms with van der Waals surface area (Å²) in [6.07, 6.45) is 0. The molecule has 26 heavy (non-hydrogen) atoms. The van der Waals surface area contributed by atoms with Crippen LogP contribution in [0.5, 0.6) is 0 Å². The van der Waals surface area contributed by atoms with Gasteiger partial charge in [-0.3, -0.25) is 9.63 Å². The number of nitrogens with zero attached hydrogens (tertiary/aromatic N) is 1. The fourth-order valence-electron chi connectivity index (χ4n) is 3.82. The Morgan fingerprint density at radius 1 is 0.808 bits per heavy atom. The molecule has 3 nitrogen and oxygen atoms in total. The lowest BCUT2D eigenvalue weighted by Gasteiger charge is -2.53. The molecule has 1 aliphatic heterocycles. The second-order valence-electron chi connectivity index (χ2n) is 6.61. The summed E-state index contributed by atoms with van der Waals surface area (Å²) in [5.41, 5.74) is 2.36. The lowest BCUT2D eigenvalue weighted by Crippen LogP contribution is -2.70. The summed E-state index contributed by atoms with van der Waals surface area (Å²) in [7, 11) is 0. The third-order valence-electron chi connectivity index (χ3n) is 5.19. The van der Waals surface area contributed by atoms with E-state index in [-0.39, 0.29) is 11.9 Å². The summed E-state index contributed by atoms with van der Waals surface area (Å²) < 4.78 is 0. The molecular weight excluding hydrogens is 322 g/mol. The van der Waals surface area contributed by atoms with E-state index >= 15 is 0 Å². The van der Waals surface area contributed by atoms with Crippen molar-refractivity contribution in [2.75, 3.05) is 0 Å². The molecule has 0 saturated carbocycles. The van der Waals surface area contributed by atoms with E-state index in [0.29, 0.717) is 6.61 Å². The fourth-order valence-corrected chi connectivity index (χ4v) is 3.82. The molecule has 1 unspecified atom stereocenters. The maximum absolute atomic E-state index is 13.3. The van der Waals surface area contributed by atoms with Crippen LogP contribution in [0.15, 0.2) is 91.0 Å². The number of carbonyl (C=O) groups is 1. The monoisotopic (exact) mass is 343 g/mol. The number of benzene rings is 3. The molecule has 0 N–H and O–H groups in total. The van der Waals surface area contributed by atoms with E-state index < -0.39 is 5.41 Å². The van der Waals surface area contributed by atoms with Crippen molar-refractivity contribution in [3.8, 4) is 0 Å². The number of hydroxylamine groups is 2. The van der Waals surface area contributed by atoms with Gasteiger partial charge in [-0.15, -0.1) is 0 Å². The molecule has 0 aromatic heterocycles. The number of hydrogen-bond donors (Lipinski definition) is 0. The molecule has 1 heterocycles. The average molecular weight is 343 g/mol. The van der Waals surface area contributed by atoms with Gasteiger partial charge < -0.3 is 0 Å². The molecule has 1 fully saturated rings. The van der Waals surface area contributed by atoms with E-state index in [1.807, 2.05) is 97.9 Å². The van der Waals surface area contributed by atoms with Crippen LogP contribution in [0.2, 0.25) is 0 Å². The van der Waals surface area contributed by atoms with E-state index in [2.05, 4.69) is 0 Å². The first-order valence-corrected chi connectivity index (χ1v) is 8.86. The number of hydrogen-bond acceptors (Lipinski definition) is 2. The molecule has 0 radical (unpaired) electrons. The van der Waals surface area contributed by atoms with Crippen molar-refractivity contribution in [2.45, 2.75) is 25.0 Å². The molecular formula is C23H21NO2.